The van der Waals surface area contributed by atoms with E-state index in [1.807, 2.05) is 12.1 Å². The maximum absolute atomic E-state index is 14.0. The molecule has 21 heavy (non-hydrogen) atoms. The lowest BCUT2D eigenvalue weighted by atomic mass is 10.1. The Balaban J connectivity index is 1.99. The Morgan fingerprint density at radius 1 is 1.38 bits per heavy atom. The van der Waals surface area contributed by atoms with Crippen molar-refractivity contribution in [1.29, 1.82) is 0 Å². The molecular weight excluding hydrogens is 267 g/mol. The first-order chi connectivity index (χ1) is 10.00. The molecule has 3 nitrogen and oxygen atoms in total. The zero-order chi connectivity index (χ0) is 15.3. The average Bonchev–Trinajstić information content (AvgIpc) is 2.41. The lowest BCUT2D eigenvalue weighted by Gasteiger charge is -2.38. The number of halogens is 1. The number of nitrogens with zero attached hydrogens (tertiary/aromatic N) is 1. The summed E-state index contributed by atoms with van der Waals surface area (Å²) in [6.07, 6.45) is 1.11. The Kier molecular flexibility index (Phi) is 5.73. The Morgan fingerprint density at radius 2 is 2.19 bits per heavy atom. The number of hydrogen-bond acceptors (Lipinski definition) is 3. The van der Waals surface area contributed by atoms with E-state index in [4.69, 9.17) is 4.74 Å². The van der Waals surface area contributed by atoms with Crippen LogP contribution in [0.3, 0.4) is 0 Å². The number of benzene rings is 1. The second kappa shape index (κ2) is 7.34. The molecule has 1 aromatic rings. The molecule has 0 spiro atoms. The Labute approximate surface area is 127 Å². The van der Waals surface area contributed by atoms with E-state index < -0.39 is 0 Å². The molecule has 1 aliphatic rings. The van der Waals surface area contributed by atoms with Crippen LogP contribution in [0.1, 0.15) is 38.3 Å². The van der Waals surface area contributed by atoms with Crippen molar-refractivity contribution in [2.24, 2.45) is 0 Å². The van der Waals surface area contributed by atoms with E-state index in [9.17, 15) is 4.39 Å². The summed E-state index contributed by atoms with van der Waals surface area (Å²) in [6.45, 7) is 11.2. The molecule has 1 aliphatic heterocycles. The first-order valence-corrected chi connectivity index (χ1v) is 7.84. The van der Waals surface area contributed by atoms with Crippen molar-refractivity contribution in [2.75, 3.05) is 26.2 Å². The number of morpholine rings is 1. The van der Waals surface area contributed by atoms with Crippen molar-refractivity contribution >= 4 is 0 Å². The van der Waals surface area contributed by atoms with Gasteiger partial charge in [0.25, 0.3) is 0 Å². The summed E-state index contributed by atoms with van der Waals surface area (Å²) >= 11 is 0. The van der Waals surface area contributed by atoms with E-state index in [2.05, 4.69) is 31.0 Å². The van der Waals surface area contributed by atoms with Crippen molar-refractivity contribution in [3.8, 4) is 0 Å². The Bertz CT molecular complexity index is 462. The van der Waals surface area contributed by atoms with Crippen LogP contribution in [0, 0.1) is 5.82 Å². The van der Waals surface area contributed by atoms with Crippen LogP contribution in [0.4, 0.5) is 4.39 Å². The minimum atomic E-state index is -0.144. The fourth-order valence-electron chi connectivity index (χ4n) is 2.76. The molecule has 0 atom stereocenters. The Hall–Kier alpha value is -0.970. The summed E-state index contributed by atoms with van der Waals surface area (Å²) < 4.78 is 19.7. The molecule has 118 valence electrons. The Morgan fingerprint density at radius 3 is 2.90 bits per heavy atom. The van der Waals surface area contributed by atoms with Crippen molar-refractivity contribution in [2.45, 2.75) is 45.9 Å². The molecule has 1 N–H and O–H groups in total. The largest absolute Gasteiger partial charge is 0.373 e. The van der Waals surface area contributed by atoms with E-state index in [0.717, 1.165) is 43.7 Å². The van der Waals surface area contributed by atoms with Gasteiger partial charge in [0.2, 0.25) is 0 Å². The second-order valence-electron chi connectivity index (χ2n) is 6.42. The maximum atomic E-state index is 14.0. The third-order valence-electron chi connectivity index (χ3n) is 3.76. The predicted molar refractivity (Wildman–Crippen MR) is 83.7 cm³/mol. The monoisotopic (exact) mass is 294 g/mol. The molecule has 1 heterocycles. The summed E-state index contributed by atoms with van der Waals surface area (Å²) in [5, 5.41) is 3.36. The highest BCUT2D eigenvalue weighted by molar-refractivity contribution is 5.25. The standard InChI is InChI=1S/C17H27FN2O/c1-4-7-19-11-14-5-6-16(18)15(10-14)12-20-8-9-21-17(2,3)13-20/h5-6,10,19H,4,7-9,11-13H2,1-3H3. The molecule has 0 aliphatic carbocycles. The van der Waals surface area contributed by atoms with Crippen LogP contribution in [0.15, 0.2) is 18.2 Å². The van der Waals surface area contributed by atoms with Crippen LogP contribution in [-0.2, 0) is 17.8 Å². The summed E-state index contributed by atoms with van der Waals surface area (Å²) in [4.78, 5) is 2.27. The van der Waals surface area contributed by atoms with E-state index in [1.165, 1.54) is 0 Å². The van der Waals surface area contributed by atoms with E-state index in [-0.39, 0.29) is 11.4 Å². The number of rotatable bonds is 6. The molecule has 1 fully saturated rings. The summed E-state index contributed by atoms with van der Waals surface area (Å²) in [6, 6.07) is 5.44. The minimum absolute atomic E-state index is 0.112. The third kappa shape index (κ3) is 5.06. The fourth-order valence-corrected chi connectivity index (χ4v) is 2.76. The molecule has 1 saturated heterocycles. The predicted octanol–water partition coefficient (Wildman–Crippen LogP) is 2.94. The normalized spacial score (nSPS) is 18.9. The van der Waals surface area contributed by atoms with Gasteiger partial charge in [0, 0.05) is 31.7 Å². The van der Waals surface area contributed by atoms with Gasteiger partial charge in [-0.25, -0.2) is 4.39 Å². The fraction of sp³-hybridized carbons (Fsp3) is 0.647. The van der Waals surface area contributed by atoms with E-state index >= 15 is 0 Å². The minimum Gasteiger partial charge on any atom is -0.373 e. The average molecular weight is 294 g/mol. The van der Waals surface area contributed by atoms with Gasteiger partial charge in [-0.15, -0.1) is 0 Å². The van der Waals surface area contributed by atoms with Crippen LogP contribution in [-0.4, -0.2) is 36.7 Å². The quantitative estimate of drug-likeness (QED) is 0.816. The lowest BCUT2D eigenvalue weighted by Crippen LogP contribution is -2.47. The molecule has 4 heteroatoms. The highest BCUT2D eigenvalue weighted by Crippen LogP contribution is 2.20. The first-order valence-electron chi connectivity index (χ1n) is 7.84. The second-order valence-corrected chi connectivity index (χ2v) is 6.42. The van der Waals surface area contributed by atoms with Gasteiger partial charge in [0.1, 0.15) is 5.82 Å². The van der Waals surface area contributed by atoms with Gasteiger partial charge >= 0.3 is 0 Å². The zero-order valence-corrected chi connectivity index (χ0v) is 13.4. The maximum Gasteiger partial charge on any atom is 0.127 e. The molecule has 0 radical (unpaired) electrons. The zero-order valence-electron chi connectivity index (χ0n) is 13.4. The highest BCUT2D eigenvalue weighted by Gasteiger charge is 2.27. The van der Waals surface area contributed by atoms with Crippen LogP contribution in [0.5, 0.6) is 0 Å². The summed E-state index contributed by atoms with van der Waals surface area (Å²) in [5.41, 5.74) is 1.78. The van der Waals surface area contributed by atoms with Gasteiger partial charge in [0.15, 0.2) is 0 Å². The van der Waals surface area contributed by atoms with E-state index in [0.29, 0.717) is 13.2 Å². The van der Waals surface area contributed by atoms with Gasteiger partial charge in [-0.3, -0.25) is 4.90 Å². The lowest BCUT2D eigenvalue weighted by molar-refractivity contribution is -0.0884. The van der Waals surface area contributed by atoms with E-state index in [1.54, 1.807) is 6.07 Å². The molecule has 0 amide bonds. The van der Waals surface area contributed by atoms with Crippen LogP contribution >= 0.6 is 0 Å². The topological polar surface area (TPSA) is 24.5 Å². The van der Waals surface area contributed by atoms with Crippen molar-refractivity contribution < 1.29 is 9.13 Å². The van der Waals surface area contributed by atoms with Crippen LogP contribution in [0.2, 0.25) is 0 Å². The smallest absolute Gasteiger partial charge is 0.127 e. The molecule has 2 rings (SSSR count). The van der Waals surface area contributed by atoms with Gasteiger partial charge in [-0.1, -0.05) is 19.1 Å². The van der Waals surface area contributed by atoms with Gasteiger partial charge < -0.3 is 10.1 Å². The van der Waals surface area contributed by atoms with Crippen molar-refractivity contribution in [3.63, 3.8) is 0 Å². The van der Waals surface area contributed by atoms with Gasteiger partial charge in [-0.2, -0.15) is 0 Å². The molecule has 0 bridgehead atoms. The molecule has 0 unspecified atom stereocenters. The molecule has 0 saturated carbocycles. The SMILES string of the molecule is CCCNCc1ccc(F)c(CN2CCOC(C)(C)C2)c1. The van der Waals surface area contributed by atoms with Crippen LogP contribution in [0.25, 0.3) is 0 Å². The third-order valence-corrected chi connectivity index (χ3v) is 3.76. The van der Waals surface area contributed by atoms with Gasteiger partial charge in [0.05, 0.1) is 12.2 Å². The van der Waals surface area contributed by atoms with Crippen LogP contribution < -0.4 is 5.32 Å². The van der Waals surface area contributed by atoms with Gasteiger partial charge in [-0.05, 0) is 38.4 Å². The molecule has 1 aromatic carbocycles. The number of hydrogen-bond donors (Lipinski definition) is 1. The summed E-state index contributed by atoms with van der Waals surface area (Å²) in [5.74, 6) is -0.112. The first kappa shape index (κ1) is 16.4. The summed E-state index contributed by atoms with van der Waals surface area (Å²) in [7, 11) is 0. The van der Waals surface area contributed by atoms with Crippen molar-refractivity contribution in [1.82, 2.24) is 10.2 Å². The molecular formula is C17H27FN2O. The highest BCUT2D eigenvalue weighted by atomic mass is 19.1. The number of ether oxygens (including phenoxy) is 1. The number of nitrogens with one attached hydrogen (secondary N) is 1. The molecule has 0 aromatic heterocycles. The van der Waals surface area contributed by atoms with Crippen molar-refractivity contribution in [3.05, 3.63) is 35.1 Å².